The highest BCUT2D eigenvalue weighted by Gasteiger charge is 2.32. The number of carbonyl (C=O) groups excluding carboxylic acids is 1. The molecule has 3 N–H and O–H groups in total. The fourth-order valence-electron chi connectivity index (χ4n) is 3.64. The SMILES string of the molecule is CNCC1=C(Nc2ccc(Cl)cc2)CN(Cc2ccc(OC)cc2OC)C(C(=O)OC)=C1O. The molecule has 1 heterocycles. The van der Waals surface area contributed by atoms with Crippen LogP contribution in [0.2, 0.25) is 5.02 Å². The molecule has 1 aliphatic rings. The van der Waals surface area contributed by atoms with Crippen LogP contribution < -0.4 is 20.1 Å². The average molecular weight is 474 g/mol. The zero-order chi connectivity index (χ0) is 24.0. The normalized spacial score (nSPS) is 13.8. The van der Waals surface area contributed by atoms with Crippen LogP contribution in [0.4, 0.5) is 5.69 Å². The van der Waals surface area contributed by atoms with Crippen molar-refractivity contribution >= 4 is 23.3 Å². The van der Waals surface area contributed by atoms with Crippen LogP contribution in [0, 0.1) is 0 Å². The summed E-state index contributed by atoms with van der Waals surface area (Å²) < 4.78 is 15.8. The molecule has 0 aliphatic carbocycles. The molecule has 3 rings (SSSR count). The van der Waals surface area contributed by atoms with Gasteiger partial charge in [-0.1, -0.05) is 11.6 Å². The number of rotatable bonds is 9. The van der Waals surface area contributed by atoms with Crippen LogP contribution in [-0.4, -0.2) is 57.4 Å². The Balaban J connectivity index is 2.03. The summed E-state index contributed by atoms with van der Waals surface area (Å²) in [7, 11) is 6.21. The summed E-state index contributed by atoms with van der Waals surface area (Å²) >= 11 is 6.01. The van der Waals surface area contributed by atoms with Crippen molar-refractivity contribution in [3.05, 3.63) is 75.8 Å². The zero-order valence-corrected chi connectivity index (χ0v) is 19.8. The van der Waals surface area contributed by atoms with Crippen LogP contribution in [0.25, 0.3) is 0 Å². The number of likely N-dealkylation sites (N-methyl/N-ethyl adjacent to an activating group) is 1. The fraction of sp³-hybridized carbons (Fsp3) is 0.292. The minimum atomic E-state index is -0.626. The van der Waals surface area contributed by atoms with Gasteiger partial charge < -0.3 is 34.9 Å². The number of halogens is 1. The summed E-state index contributed by atoms with van der Waals surface area (Å²) in [5.74, 6) is 0.489. The van der Waals surface area contributed by atoms with Gasteiger partial charge in [-0.3, -0.25) is 0 Å². The fourth-order valence-corrected chi connectivity index (χ4v) is 3.76. The second-order valence-electron chi connectivity index (χ2n) is 7.34. The van der Waals surface area contributed by atoms with E-state index in [4.69, 9.17) is 25.8 Å². The first-order valence-electron chi connectivity index (χ1n) is 10.3. The molecule has 0 spiro atoms. The molecular weight excluding hydrogens is 446 g/mol. The lowest BCUT2D eigenvalue weighted by Gasteiger charge is -2.34. The summed E-state index contributed by atoms with van der Waals surface area (Å²) in [5, 5.41) is 18.2. The Bertz CT molecular complexity index is 1070. The summed E-state index contributed by atoms with van der Waals surface area (Å²) in [6.45, 7) is 0.964. The molecular formula is C24H28ClN3O5. The second-order valence-corrected chi connectivity index (χ2v) is 7.78. The van der Waals surface area contributed by atoms with Crippen LogP contribution in [0.5, 0.6) is 11.5 Å². The molecule has 0 unspecified atom stereocenters. The van der Waals surface area contributed by atoms with Crippen molar-refractivity contribution in [3.63, 3.8) is 0 Å². The number of esters is 1. The summed E-state index contributed by atoms with van der Waals surface area (Å²) in [6, 6.07) is 12.7. The number of nitrogens with one attached hydrogen (secondary N) is 2. The Labute approximate surface area is 198 Å². The average Bonchev–Trinajstić information content (AvgIpc) is 2.82. The number of benzene rings is 2. The van der Waals surface area contributed by atoms with Crippen molar-refractivity contribution in [3.8, 4) is 11.5 Å². The maximum absolute atomic E-state index is 12.7. The highest BCUT2D eigenvalue weighted by atomic mass is 35.5. The number of methoxy groups -OCH3 is 3. The molecule has 2 aromatic carbocycles. The van der Waals surface area contributed by atoms with E-state index in [1.807, 2.05) is 24.3 Å². The third kappa shape index (κ3) is 5.53. The van der Waals surface area contributed by atoms with Gasteiger partial charge in [-0.15, -0.1) is 0 Å². The van der Waals surface area contributed by atoms with Crippen molar-refractivity contribution in [1.82, 2.24) is 10.2 Å². The molecule has 0 atom stereocenters. The Kier molecular flexibility index (Phi) is 8.08. The first kappa shape index (κ1) is 24.3. The Morgan fingerprint density at radius 1 is 1.12 bits per heavy atom. The molecule has 9 heteroatoms. The summed E-state index contributed by atoms with van der Waals surface area (Å²) in [5.41, 5.74) is 3.02. The van der Waals surface area contributed by atoms with E-state index in [0.29, 0.717) is 41.7 Å². The third-order valence-corrected chi connectivity index (χ3v) is 5.52. The molecule has 0 amide bonds. The Morgan fingerprint density at radius 2 is 1.85 bits per heavy atom. The van der Waals surface area contributed by atoms with Gasteiger partial charge in [0, 0.05) is 46.7 Å². The van der Waals surface area contributed by atoms with Gasteiger partial charge in [0.15, 0.2) is 11.5 Å². The number of aliphatic hydroxyl groups excluding tert-OH is 1. The van der Waals surface area contributed by atoms with Crippen LogP contribution in [-0.2, 0) is 16.1 Å². The van der Waals surface area contributed by atoms with Gasteiger partial charge in [-0.2, -0.15) is 0 Å². The molecule has 0 saturated carbocycles. The van der Waals surface area contributed by atoms with Gasteiger partial charge in [-0.25, -0.2) is 4.79 Å². The minimum absolute atomic E-state index is 0.0854. The van der Waals surface area contributed by atoms with E-state index in [9.17, 15) is 9.90 Å². The quantitative estimate of drug-likeness (QED) is 0.475. The van der Waals surface area contributed by atoms with Crippen LogP contribution in [0.3, 0.4) is 0 Å². The molecule has 176 valence electrons. The van der Waals surface area contributed by atoms with E-state index in [1.165, 1.54) is 7.11 Å². The first-order chi connectivity index (χ1) is 15.9. The van der Waals surface area contributed by atoms with E-state index >= 15 is 0 Å². The molecule has 8 nitrogen and oxygen atoms in total. The predicted molar refractivity (Wildman–Crippen MR) is 128 cm³/mol. The van der Waals surface area contributed by atoms with E-state index in [2.05, 4.69) is 10.6 Å². The first-order valence-corrected chi connectivity index (χ1v) is 10.7. The number of carbonyl (C=O) groups is 1. The standard InChI is InChI=1S/C24H28ClN3O5/c1-26-12-19-20(27-17-8-6-16(25)7-9-17)14-28(22(23(19)29)24(30)33-4)13-15-5-10-18(31-2)11-21(15)32-3/h5-11,26-27,29H,12-14H2,1-4H3. The summed E-state index contributed by atoms with van der Waals surface area (Å²) in [4.78, 5) is 14.4. The molecule has 2 aromatic rings. The van der Waals surface area contributed by atoms with Gasteiger partial charge >= 0.3 is 5.97 Å². The molecule has 0 saturated heterocycles. The number of anilines is 1. The zero-order valence-electron chi connectivity index (χ0n) is 19.1. The lowest BCUT2D eigenvalue weighted by Crippen LogP contribution is -2.38. The van der Waals surface area contributed by atoms with Gasteiger partial charge in [0.2, 0.25) is 0 Å². The maximum atomic E-state index is 12.7. The van der Waals surface area contributed by atoms with Gasteiger partial charge in [0.05, 0.1) is 27.9 Å². The van der Waals surface area contributed by atoms with Gasteiger partial charge in [0.25, 0.3) is 0 Å². The molecule has 0 radical (unpaired) electrons. The number of nitrogens with zero attached hydrogens (tertiary/aromatic N) is 1. The van der Waals surface area contributed by atoms with Crippen LogP contribution in [0.15, 0.2) is 65.2 Å². The topological polar surface area (TPSA) is 92.3 Å². The summed E-state index contributed by atoms with van der Waals surface area (Å²) in [6.07, 6.45) is 0. The lowest BCUT2D eigenvalue weighted by atomic mass is 10.0. The van der Waals surface area contributed by atoms with E-state index in [-0.39, 0.29) is 11.5 Å². The second kappa shape index (κ2) is 11.0. The van der Waals surface area contributed by atoms with E-state index < -0.39 is 5.97 Å². The van der Waals surface area contributed by atoms with Crippen molar-refractivity contribution in [2.75, 3.05) is 46.8 Å². The highest BCUT2D eigenvalue weighted by molar-refractivity contribution is 6.30. The monoisotopic (exact) mass is 473 g/mol. The number of ether oxygens (including phenoxy) is 3. The molecule has 33 heavy (non-hydrogen) atoms. The largest absolute Gasteiger partial charge is 0.505 e. The van der Waals surface area contributed by atoms with Crippen molar-refractivity contribution in [2.45, 2.75) is 6.54 Å². The Morgan fingerprint density at radius 3 is 2.45 bits per heavy atom. The van der Waals surface area contributed by atoms with Crippen LogP contribution >= 0.6 is 11.6 Å². The maximum Gasteiger partial charge on any atom is 0.358 e. The third-order valence-electron chi connectivity index (χ3n) is 5.27. The van der Waals surface area contributed by atoms with E-state index in [1.54, 1.807) is 44.4 Å². The minimum Gasteiger partial charge on any atom is -0.505 e. The van der Waals surface area contributed by atoms with Gasteiger partial charge in [-0.05, 0) is 43.4 Å². The molecule has 0 aromatic heterocycles. The molecule has 0 fully saturated rings. The van der Waals surface area contributed by atoms with E-state index in [0.717, 1.165) is 16.9 Å². The van der Waals surface area contributed by atoms with Crippen LogP contribution in [0.1, 0.15) is 5.56 Å². The van der Waals surface area contributed by atoms with Crippen molar-refractivity contribution in [1.29, 1.82) is 0 Å². The van der Waals surface area contributed by atoms with Gasteiger partial charge in [0.1, 0.15) is 11.5 Å². The van der Waals surface area contributed by atoms with Crippen molar-refractivity contribution < 1.29 is 24.1 Å². The predicted octanol–water partition coefficient (Wildman–Crippen LogP) is 3.70. The number of hydrogen-bond acceptors (Lipinski definition) is 8. The smallest absolute Gasteiger partial charge is 0.358 e. The number of hydrogen-bond donors (Lipinski definition) is 3. The highest BCUT2D eigenvalue weighted by Crippen LogP contribution is 2.32. The Hall–Kier alpha value is -3.36. The van der Waals surface area contributed by atoms with Crippen molar-refractivity contribution in [2.24, 2.45) is 0 Å². The molecule has 0 bridgehead atoms. The number of aliphatic hydroxyl groups is 1. The lowest BCUT2D eigenvalue weighted by molar-refractivity contribution is -0.138. The molecule has 1 aliphatic heterocycles.